The van der Waals surface area contributed by atoms with Gasteiger partial charge in [-0.2, -0.15) is 0 Å². The number of hydrogen-bond donors (Lipinski definition) is 2. The molecule has 7 heteroatoms. The van der Waals surface area contributed by atoms with Gasteiger partial charge in [0.15, 0.2) is 0 Å². The van der Waals surface area contributed by atoms with Crippen LogP contribution in [0.1, 0.15) is 37.8 Å². The molecule has 0 aromatic heterocycles. The average molecular weight is 329 g/mol. The topological polar surface area (TPSA) is 92.7 Å². The van der Waals surface area contributed by atoms with Gasteiger partial charge in [0, 0.05) is 12.0 Å². The van der Waals surface area contributed by atoms with E-state index in [1.54, 1.807) is 39.8 Å². The van der Waals surface area contributed by atoms with E-state index in [1.165, 1.54) is 7.11 Å². The molecule has 1 aromatic rings. The molecule has 22 heavy (non-hydrogen) atoms. The van der Waals surface area contributed by atoms with E-state index in [1.807, 2.05) is 0 Å². The van der Waals surface area contributed by atoms with Crippen LogP contribution in [-0.4, -0.2) is 32.1 Å². The summed E-state index contributed by atoms with van der Waals surface area (Å²) in [6, 6.07) is 3.09. The number of aryl methyl sites for hydroxylation is 2. The number of carboxylic acids is 1. The molecule has 0 heterocycles. The molecule has 0 saturated carbocycles. The maximum absolute atomic E-state index is 12.5. The van der Waals surface area contributed by atoms with Crippen molar-refractivity contribution in [2.24, 2.45) is 0 Å². The van der Waals surface area contributed by atoms with Gasteiger partial charge < -0.3 is 9.84 Å². The number of carboxylic acid groups (broad SMARTS) is 1. The highest BCUT2D eigenvalue weighted by Crippen LogP contribution is 2.27. The predicted molar refractivity (Wildman–Crippen MR) is 83.7 cm³/mol. The van der Waals surface area contributed by atoms with Crippen LogP contribution >= 0.6 is 0 Å². The molecule has 1 aromatic carbocycles. The summed E-state index contributed by atoms with van der Waals surface area (Å²) in [5.41, 5.74) is 0.608. The zero-order valence-corrected chi connectivity index (χ0v) is 14.4. The number of ether oxygens (including phenoxy) is 1. The number of benzene rings is 1. The van der Waals surface area contributed by atoms with Gasteiger partial charge >= 0.3 is 5.97 Å². The summed E-state index contributed by atoms with van der Waals surface area (Å²) in [7, 11) is -2.20. The van der Waals surface area contributed by atoms with Crippen LogP contribution < -0.4 is 9.46 Å². The molecule has 124 valence electrons. The van der Waals surface area contributed by atoms with Crippen LogP contribution in [0.2, 0.25) is 0 Å². The van der Waals surface area contributed by atoms with E-state index >= 15 is 0 Å². The van der Waals surface area contributed by atoms with Gasteiger partial charge in [-0.05, 0) is 57.4 Å². The summed E-state index contributed by atoms with van der Waals surface area (Å²) in [5, 5.41) is 8.73. The van der Waals surface area contributed by atoms with Gasteiger partial charge in [0.2, 0.25) is 10.0 Å². The maximum Gasteiger partial charge on any atom is 0.303 e. The Morgan fingerprint density at radius 2 is 1.77 bits per heavy atom. The fourth-order valence-corrected chi connectivity index (χ4v) is 3.89. The number of aliphatic carboxylic acids is 1. The van der Waals surface area contributed by atoms with Crippen molar-refractivity contribution in [2.45, 2.75) is 51.0 Å². The number of hydrogen-bond acceptors (Lipinski definition) is 4. The molecule has 0 amide bonds. The molecular weight excluding hydrogens is 306 g/mol. The fourth-order valence-electron chi connectivity index (χ4n) is 2.28. The van der Waals surface area contributed by atoms with Gasteiger partial charge in [-0.15, -0.1) is 0 Å². The lowest BCUT2D eigenvalue weighted by Gasteiger charge is -2.25. The highest BCUT2D eigenvalue weighted by atomic mass is 32.2. The molecule has 2 N–H and O–H groups in total. The lowest BCUT2D eigenvalue weighted by atomic mass is 10.0. The third-order valence-corrected chi connectivity index (χ3v) is 5.00. The van der Waals surface area contributed by atoms with Crippen LogP contribution in [0.4, 0.5) is 0 Å². The smallest absolute Gasteiger partial charge is 0.303 e. The largest absolute Gasteiger partial charge is 0.496 e. The molecule has 6 nitrogen and oxygen atoms in total. The Labute approximate surface area is 131 Å². The minimum atomic E-state index is -3.73. The second-order valence-corrected chi connectivity index (χ2v) is 7.66. The minimum Gasteiger partial charge on any atom is -0.496 e. The molecule has 0 aliphatic heterocycles. The van der Waals surface area contributed by atoms with Crippen molar-refractivity contribution in [3.05, 3.63) is 23.3 Å². The Kier molecular flexibility index (Phi) is 5.59. The van der Waals surface area contributed by atoms with Gasteiger partial charge in [-0.3, -0.25) is 4.79 Å². The van der Waals surface area contributed by atoms with Crippen molar-refractivity contribution >= 4 is 16.0 Å². The summed E-state index contributed by atoms with van der Waals surface area (Å²) in [6.45, 7) is 6.88. The number of sulfonamides is 1. The Morgan fingerprint density at radius 3 is 2.18 bits per heavy atom. The van der Waals surface area contributed by atoms with Gasteiger partial charge in [-0.25, -0.2) is 13.1 Å². The first kappa shape index (κ1) is 18.4. The van der Waals surface area contributed by atoms with Crippen molar-refractivity contribution in [3.63, 3.8) is 0 Å². The van der Waals surface area contributed by atoms with Crippen LogP contribution in [0.15, 0.2) is 17.0 Å². The summed E-state index contributed by atoms with van der Waals surface area (Å²) >= 11 is 0. The highest BCUT2D eigenvalue weighted by Gasteiger charge is 2.27. The molecule has 1 rings (SSSR count). The van der Waals surface area contributed by atoms with Crippen molar-refractivity contribution < 1.29 is 23.1 Å². The lowest BCUT2D eigenvalue weighted by Crippen LogP contribution is -2.43. The van der Waals surface area contributed by atoms with Crippen LogP contribution in [0.3, 0.4) is 0 Å². The first-order valence-corrected chi connectivity index (χ1v) is 8.38. The van der Waals surface area contributed by atoms with Crippen LogP contribution in [0.25, 0.3) is 0 Å². The standard InChI is InChI=1S/C15H23NO5S/c1-10-8-12(9-11(2)14(10)21-5)22(19,20)16-15(3,4)7-6-13(17)18/h8-9,16H,6-7H2,1-5H3,(H,17,18). The van der Waals surface area contributed by atoms with Gasteiger partial charge in [-0.1, -0.05) is 0 Å². The van der Waals surface area contributed by atoms with Crippen molar-refractivity contribution in [1.82, 2.24) is 4.72 Å². The fraction of sp³-hybridized carbons (Fsp3) is 0.533. The number of carbonyl (C=O) groups is 1. The predicted octanol–water partition coefficient (Wildman–Crippen LogP) is 2.23. The normalized spacial score (nSPS) is 12.2. The monoisotopic (exact) mass is 329 g/mol. The van der Waals surface area contributed by atoms with E-state index in [4.69, 9.17) is 9.84 Å². The molecule has 0 radical (unpaired) electrons. The van der Waals surface area contributed by atoms with Gasteiger partial charge in [0.25, 0.3) is 0 Å². The quantitative estimate of drug-likeness (QED) is 0.800. The van der Waals surface area contributed by atoms with Crippen molar-refractivity contribution in [2.75, 3.05) is 7.11 Å². The van der Waals surface area contributed by atoms with E-state index in [2.05, 4.69) is 4.72 Å². The molecule has 0 aliphatic carbocycles. The van der Waals surface area contributed by atoms with E-state index in [9.17, 15) is 13.2 Å². The number of methoxy groups -OCH3 is 1. The molecule has 0 saturated heterocycles. The molecular formula is C15H23NO5S. The molecule has 0 spiro atoms. The molecule has 0 fully saturated rings. The Balaban J connectivity index is 3.07. The van der Waals surface area contributed by atoms with Crippen molar-refractivity contribution in [3.8, 4) is 5.75 Å². The SMILES string of the molecule is COc1c(C)cc(S(=O)(=O)NC(C)(C)CCC(=O)O)cc1C. The lowest BCUT2D eigenvalue weighted by molar-refractivity contribution is -0.137. The third-order valence-electron chi connectivity index (χ3n) is 3.32. The van der Waals surface area contributed by atoms with E-state index in [0.717, 1.165) is 11.1 Å². The number of nitrogens with one attached hydrogen (secondary N) is 1. The Morgan fingerprint density at radius 1 is 1.27 bits per heavy atom. The molecule has 0 unspecified atom stereocenters. The zero-order valence-electron chi connectivity index (χ0n) is 13.6. The highest BCUT2D eigenvalue weighted by molar-refractivity contribution is 7.89. The average Bonchev–Trinajstić information content (AvgIpc) is 2.35. The molecule has 0 atom stereocenters. The van der Waals surface area contributed by atoms with E-state index in [0.29, 0.717) is 5.75 Å². The Hall–Kier alpha value is -1.60. The minimum absolute atomic E-state index is 0.101. The second kappa shape index (κ2) is 6.66. The van der Waals surface area contributed by atoms with Crippen LogP contribution in [0, 0.1) is 13.8 Å². The van der Waals surface area contributed by atoms with E-state index < -0.39 is 21.5 Å². The first-order chi connectivity index (χ1) is 9.98. The third kappa shape index (κ3) is 4.71. The van der Waals surface area contributed by atoms with Crippen molar-refractivity contribution in [1.29, 1.82) is 0 Å². The van der Waals surface area contributed by atoms with Gasteiger partial charge in [0.05, 0.1) is 12.0 Å². The van der Waals surface area contributed by atoms with Gasteiger partial charge in [0.1, 0.15) is 5.75 Å². The first-order valence-electron chi connectivity index (χ1n) is 6.89. The van der Waals surface area contributed by atoms with Crippen LogP contribution in [0.5, 0.6) is 5.75 Å². The Bertz CT molecular complexity index is 642. The summed E-state index contributed by atoms with van der Waals surface area (Å²) < 4.78 is 32.8. The number of rotatable bonds is 7. The summed E-state index contributed by atoms with van der Waals surface area (Å²) in [4.78, 5) is 10.8. The maximum atomic E-state index is 12.5. The molecule has 0 bridgehead atoms. The van der Waals surface area contributed by atoms with E-state index in [-0.39, 0.29) is 17.7 Å². The summed E-state index contributed by atoms with van der Waals surface area (Å²) in [5.74, 6) is -0.299. The van der Waals surface area contributed by atoms with Crippen LogP contribution in [-0.2, 0) is 14.8 Å². The summed E-state index contributed by atoms with van der Waals surface area (Å²) in [6.07, 6.45) is 0.103. The zero-order chi connectivity index (χ0) is 17.1. The second-order valence-electron chi connectivity index (χ2n) is 5.97. The molecule has 0 aliphatic rings.